The second-order valence-electron chi connectivity index (χ2n) is 18.2. The molecule has 0 radical (unpaired) electrons. The Kier molecular flexibility index (Phi) is 7.32. The summed E-state index contributed by atoms with van der Waals surface area (Å²) in [6.45, 7) is 21.7. The summed E-state index contributed by atoms with van der Waals surface area (Å²) in [6.07, 6.45) is 14.3. The fourth-order valence-electron chi connectivity index (χ4n) is 9.66. The van der Waals surface area contributed by atoms with Crippen molar-refractivity contribution in [1.29, 1.82) is 0 Å². The van der Waals surface area contributed by atoms with Gasteiger partial charge in [0.1, 0.15) is 0 Å². The Balaban J connectivity index is 1.15. The lowest BCUT2D eigenvalue weighted by Gasteiger charge is -2.40. The van der Waals surface area contributed by atoms with Gasteiger partial charge in [-0.25, -0.2) is 0 Å². The van der Waals surface area contributed by atoms with Gasteiger partial charge < -0.3 is 0 Å². The molecule has 48 heavy (non-hydrogen) atoms. The van der Waals surface area contributed by atoms with Crippen LogP contribution >= 0.6 is 0 Å². The van der Waals surface area contributed by atoms with Crippen molar-refractivity contribution in [3.8, 4) is 11.1 Å². The SMILES string of the molecule is CC1=C(c2ccc(C(C)(C)C)cc2)C2=CC3=C(CCC3[Si](C)(C)C3C(C4CC4)=Cc4c(-c5ccc(C(C)(C)C)cc5)cccc43)CC2=C1. The van der Waals surface area contributed by atoms with E-state index in [2.05, 4.69) is 147 Å². The van der Waals surface area contributed by atoms with Crippen molar-refractivity contribution in [2.75, 3.05) is 0 Å². The standard InChI is InChI=1S/C47H54Si/c1-29-25-34-26-33-19-24-43(39(33)27-40(34)44(29)32-17-22-36(23-18-32)47(5,6)7)48(8,9)45-38-12-10-11-37(42(38)28-41(45)31-13-14-31)30-15-20-35(21-16-30)46(2,3)4/h10-12,15-18,20-23,25,27-28,31,43,45H,13-14,19,24,26H2,1-9H3. The summed E-state index contributed by atoms with van der Waals surface area (Å²) < 4.78 is 0. The molecular formula is C47H54Si. The Morgan fingerprint density at radius 1 is 0.688 bits per heavy atom. The minimum absolute atomic E-state index is 0.168. The average Bonchev–Trinajstić information content (AvgIpc) is 3.54. The van der Waals surface area contributed by atoms with Crippen molar-refractivity contribution >= 4 is 19.7 Å². The Morgan fingerprint density at radius 2 is 1.31 bits per heavy atom. The van der Waals surface area contributed by atoms with Crippen molar-refractivity contribution in [1.82, 2.24) is 0 Å². The van der Waals surface area contributed by atoms with Crippen LogP contribution in [-0.2, 0) is 10.8 Å². The summed E-state index contributed by atoms with van der Waals surface area (Å²) in [7, 11) is -1.84. The van der Waals surface area contributed by atoms with Gasteiger partial charge in [0.15, 0.2) is 0 Å². The fraction of sp³-hybridized carbons (Fsp3) is 0.404. The van der Waals surface area contributed by atoms with E-state index in [4.69, 9.17) is 0 Å². The summed E-state index contributed by atoms with van der Waals surface area (Å²) in [5.41, 5.74) is 22.9. The minimum atomic E-state index is -1.84. The molecule has 1 saturated carbocycles. The first-order valence-electron chi connectivity index (χ1n) is 18.6. The maximum atomic E-state index is 2.75. The molecule has 0 nitrogen and oxygen atoms in total. The van der Waals surface area contributed by atoms with Gasteiger partial charge in [-0.3, -0.25) is 0 Å². The van der Waals surface area contributed by atoms with Gasteiger partial charge in [0.2, 0.25) is 0 Å². The van der Waals surface area contributed by atoms with E-state index >= 15 is 0 Å². The number of rotatable bonds is 5. The number of hydrogen-bond acceptors (Lipinski definition) is 0. The Hall–Kier alpha value is -3.42. The highest BCUT2D eigenvalue weighted by atomic mass is 28.3. The average molecular weight is 647 g/mol. The van der Waals surface area contributed by atoms with Crippen LogP contribution in [0.25, 0.3) is 22.8 Å². The molecule has 0 N–H and O–H groups in total. The highest BCUT2D eigenvalue weighted by molar-refractivity contribution is 6.81. The summed E-state index contributed by atoms with van der Waals surface area (Å²) in [5, 5.41) is 0. The third-order valence-corrected chi connectivity index (χ3v) is 17.0. The monoisotopic (exact) mass is 646 g/mol. The number of hydrogen-bond donors (Lipinski definition) is 0. The number of allylic oxidation sites excluding steroid dienone is 9. The molecule has 0 heterocycles. The Morgan fingerprint density at radius 3 is 1.92 bits per heavy atom. The van der Waals surface area contributed by atoms with E-state index < -0.39 is 8.07 Å². The van der Waals surface area contributed by atoms with Gasteiger partial charge >= 0.3 is 0 Å². The van der Waals surface area contributed by atoms with Gasteiger partial charge in [0.05, 0.1) is 8.07 Å². The summed E-state index contributed by atoms with van der Waals surface area (Å²) in [5.74, 6) is 0.780. The molecule has 5 aliphatic rings. The number of fused-ring (bicyclic) bond motifs is 2. The van der Waals surface area contributed by atoms with E-state index in [1.165, 1.54) is 75.8 Å². The first kappa shape index (κ1) is 31.8. The maximum absolute atomic E-state index is 2.75. The zero-order chi connectivity index (χ0) is 33.7. The van der Waals surface area contributed by atoms with E-state index in [1.807, 2.05) is 0 Å². The molecule has 5 aliphatic carbocycles. The van der Waals surface area contributed by atoms with Crippen molar-refractivity contribution in [2.24, 2.45) is 5.92 Å². The van der Waals surface area contributed by atoms with Crippen LogP contribution in [0, 0.1) is 5.92 Å². The summed E-state index contributed by atoms with van der Waals surface area (Å²) in [6, 6.07) is 26.1. The van der Waals surface area contributed by atoms with Crippen LogP contribution in [0.5, 0.6) is 0 Å². The number of benzene rings is 3. The zero-order valence-corrected chi connectivity index (χ0v) is 31.9. The van der Waals surface area contributed by atoms with Gasteiger partial charge in [-0.05, 0) is 128 Å². The molecule has 2 atom stereocenters. The van der Waals surface area contributed by atoms with Crippen LogP contribution in [-0.4, -0.2) is 8.07 Å². The maximum Gasteiger partial charge on any atom is 0.0675 e. The molecule has 2 unspecified atom stereocenters. The molecule has 0 aromatic heterocycles. The van der Waals surface area contributed by atoms with Crippen LogP contribution in [0.1, 0.15) is 114 Å². The van der Waals surface area contributed by atoms with E-state index in [0.29, 0.717) is 11.1 Å². The van der Waals surface area contributed by atoms with E-state index in [9.17, 15) is 0 Å². The predicted molar refractivity (Wildman–Crippen MR) is 210 cm³/mol. The topological polar surface area (TPSA) is 0 Å². The quantitative estimate of drug-likeness (QED) is 0.242. The highest BCUT2D eigenvalue weighted by Crippen LogP contribution is 2.60. The molecule has 3 aromatic rings. The second kappa shape index (κ2) is 11.0. The molecule has 1 heteroatoms. The van der Waals surface area contributed by atoms with Crippen molar-refractivity contribution in [3.63, 3.8) is 0 Å². The zero-order valence-electron chi connectivity index (χ0n) is 30.9. The fourth-order valence-corrected chi connectivity index (χ4v) is 14.3. The van der Waals surface area contributed by atoms with Gasteiger partial charge in [-0.2, -0.15) is 0 Å². The molecule has 3 aromatic carbocycles. The lowest BCUT2D eigenvalue weighted by atomic mass is 9.83. The first-order chi connectivity index (χ1) is 22.7. The second-order valence-corrected chi connectivity index (χ2v) is 23.2. The van der Waals surface area contributed by atoms with Gasteiger partial charge in [0, 0.05) is 5.54 Å². The first-order valence-corrected chi connectivity index (χ1v) is 21.8. The Bertz CT molecular complexity index is 1970. The van der Waals surface area contributed by atoms with Crippen molar-refractivity contribution < 1.29 is 0 Å². The molecule has 8 rings (SSSR count). The largest absolute Gasteiger partial charge is 0.0682 e. The molecule has 246 valence electrons. The van der Waals surface area contributed by atoms with Crippen LogP contribution in [0.15, 0.2) is 112 Å². The molecular weight excluding hydrogens is 593 g/mol. The Labute approximate surface area is 291 Å². The van der Waals surface area contributed by atoms with Crippen LogP contribution < -0.4 is 0 Å². The van der Waals surface area contributed by atoms with Gasteiger partial charge in [0.25, 0.3) is 0 Å². The minimum Gasteiger partial charge on any atom is -0.0682 e. The molecule has 0 amide bonds. The predicted octanol–water partition coefficient (Wildman–Crippen LogP) is 13.3. The normalized spacial score (nSPS) is 22.4. The molecule has 0 aliphatic heterocycles. The van der Waals surface area contributed by atoms with E-state index in [0.717, 1.165) is 12.3 Å². The molecule has 0 spiro atoms. The third-order valence-electron chi connectivity index (χ3n) is 12.5. The van der Waals surface area contributed by atoms with Gasteiger partial charge in [-0.15, -0.1) is 0 Å². The lowest BCUT2D eigenvalue weighted by Crippen LogP contribution is -2.41. The molecule has 0 bridgehead atoms. The highest BCUT2D eigenvalue weighted by Gasteiger charge is 2.51. The van der Waals surface area contributed by atoms with Crippen LogP contribution in [0.2, 0.25) is 18.6 Å². The van der Waals surface area contributed by atoms with Crippen molar-refractivity contribution in [2.45, 2.75) is 116 Å². The van der Waals surface area contributed by atoms with Crippen LogP contribution in [0.4, 0.5) is 0 Å². The molecule has 0 saturated heterocycles. The van der Waals surface area contributed by atoms with Crippen LogP contribution in [0.3, 0.4) is 0 Å². The molecule has 1 fully saturated rings. The van der Waals surface area contributed by atoms with Crippen molar-refractivity contribution in [3.05, 3.63) is 140 Å². The third kappa shape index (κ3) is 5.23. The summed E-state index contributed by atoms with van der Waals surface area (Å²) >= 11 is 0. The van der Waals surface area contributed by atoms with Gasteiger partial charge in [-0.1, -0.05) is 151 Å². The smallest absolute Gasteiger partial charge is 0.0675 e. The lowest BCUT2D eigenvalue weighted by molar-refractivity contribution is 0.590. The summed E-state index contributed by atoms with van der Waals surface area (Å²) in [4.78, 5) is 0. The van der Waals surface area contributed by atoms with E-state index in [-0.39, 0.29) is 10.8 Å². The van der Waals surface area contributed by atoms with E-state index in [1.54, 1.807) is 27.9 Å².